The van der Waals surface area contributed by atoms with Crippen LogP contribution in [0.3, 0.4) is 0 Å². The molecule has 4 aromatic rings. The maximum Gasteiger partial charge on any atom is 0.277 e. The lowest BCUT2D eigenvalue weighted by Crippen LogP contribution is -2.11. The minimum atomic E-state index is -0.364. The molecule has 0 saturated heterocycles. The van der Waals surface area contributed by atoms with Gasteiger partial charge in [0.1, 0.15) is 5.75 Å². The molecule has 0 spiro atoms. The number of benzene rings is 3. The van der Waals surface area contributed by atoms with E-state index < -0.39 is 0 Å². The van der Waals surface area contributed by atoms with Crippen molar-refractivity contribution < 1.29 is 14.1 Å². The molecule has 30 heavy (non-hydrogen) atoms. The monoisotopic (exact) mass is 398 g/mol. The summed E-state index contributed by atoms with van der Waals surface area (Å²) in [5.41, 5.74) is 3.06. The average Bonchev–Trinajstić information content (AvgIpc) is 3.30. The third kappa shape index (κ3) is 4.59. The highest BCUT2D eigenvalue weighted by molar-refractivity contribution is 6.03. The van der Waals surface area contributed by atoms with Gasteiger partial charge in [-0.15, -0.1) is 0 Å². The van der Waals surface area contributed by atoms with E-state index in [0.29, 0.717) is 17.1 Å². The van der Waals surface area contributed by atoms with E-state index in [-0.39, 0.29) is 11.6 Å². The lowest BCUT2D eigenvalue weighted by Gasteiger charge is -2.02. The van der Waals surface area contributed by atoms with Crippen LogP contribution in [0.1, 0.15) is 10.5 Å². The number of rotatable bonds is 6. The number of nitrogens with zero attached hydrogens (tertiary/aromatic N) is 3. The van der Waals surface area contributed by atoms with Gasteiger partial charge in [0.2, 0.25) is 0 Å². The minimum absolute atomic E-state index is 0.189. The molecule has 0 saturated carbocycles. The van der Waals surface area contributed by atoms with Crippen LogP contribution in [0.2, 0.25) is 0 Å². The molecule has 7 nitrogen and oxygen atoms in total. The summed E-state index contributed by atoms with van der Waals surface area (Å²) in [7, 11) is 1.60. The first-order valence-corrected chi connectivity index (χ1v) is 9.20. The van der Waals surface area contributed by atoms with Crippen LogP contribution >= 0.6 is 0 Å². The van der Waals surface area contributed by atoms with Gasteiger partial charge in [0.25, 0.3) is 5.91 Å². The zero-order valence-corrected chi connectivity index (χ0v) is 16.1. The predicted molar refractivity (Wildman–Crippen MR) is 114 cm³/mol. The van der Waals surface area contributed by atoms with E-state index in [1.54, 1.807) is 37.4 Å². The molecule has 4 rings (SSSR count). The SMILES string of the molecule is COc1ccc(-c2cc(C(=O)Nc3ccc(N=Nc4ccccc4)cc3)no2)cc1. The zero-order valence-electron chi connectivity index (χ0n) is 16.1. The number of hydrogen-bond acceptors (Lipinski definition) is 6. The van der Waals surface area contributed by atoms with Crippen LogP contribution in [0, 0.1) is 0 Å². The Kier molecular flexibility index (Phi) is 5.61. The van der Waals surface area contributed by atoms with E-state index in [2.05, 4.69) is 20.7 Å². The molecule has 0 aliphatic heterocycles. The Hall–Kier alpha value is -4.26. The lowest BCUT2D eigenvalue weighted by molar-refractivity contribution is 0.101. The van der Waals surface area contributed by atoms with Crippen molar-refractivity contribution in [3.63, 3.8) is 0 Å². The molecule has 0 bridgehead atoms. The number of ether oxygens (including phenoxy) is 1. The Morgan fingerprint density at radius 1 is 0.900 bits per heavy atom. The molecule has 1 N–H and O–H groups in total. The first kappa shape index (κ1) is 19.1. The molecule has 148 valence electrons. The van der Waals surface area contributed by atoms with Gasteiger partial charge in [0.05, 0.1) is 18.5 Å². The van der Waals surface area contributed by atoms with E-state index in [1.165, 1.54) is 0 Å². The smallest absolute Gasteiger partial charge is 0.277 e. The van der Waals surface area contributed by atoms with Crippen molar-refractivity contribution in [3.05, 3.63) is 90.6 Å². The highest BCUT2D eigenvalue weighted by Crippen LogP contribution is 2.24. The number of hydrogen-bond donors (Lipinski definition) is 1. The molecule has 1 aromatic heterocycles. The fourth-order valence-electron chi connectivity index (χ4n) is 2.69. The van der Waals surface area contributed by atoms with Gasteiger partial charge in [-0.05, 0) is 60.7 Å². The molecule has 7 heteroatoms. The van der Waals surface area contributed by atoms with Crippen LogP contribution in [0.15, 0.2) is 99.7 Å². The number of carbonyl (C=O) groups excluding carboxylic acids is 1. The minimum Gasteiger partial charge on any atom is -0.497 e. The Labute approximate surface area is 173 Å². The van der Waals surface area contributed by atoms with E-state index >= 15 is 0 Å². The van der Waals surface area contributed by atoms with Crippen molar-refractivity contribution in [2.45, 2.75) is 0 Å². The number of azo groups is 1. The summed E-state index contributed by atoms with van der Waals surface area (Å²) in [5, 5.41) is 15.0. The average molecular weight is 398 g/mol. The van der Waals surface area contributed by atoms with Crippen molar-refractivity contribution in [1.29, 1.82) is 0 Å². The Balaban J connectivity index is 1.40. The predicted octanol–water partition coefficient (Wildman–Crippen LogP) is 6.02. The fourth-order valence-corrected chi connectivity index (χ4v) is 2.69. The second-order valence-corrected chi connectivity index (χ2v) is 6.34. The summed E-state index contributed by atoms with van der Waals surface area (Å²) in [5.74, 6) is 0.875. The number of nitrogens with one attached hydrogen (secondary N) is 1. The summed E-state index contributed by atoms with van der Waals surface area (Å²) in [6.07, 6.45) is 0. The van der Waals surface area contributed by atoms with E-state index in [0.717, 1.165) is 17.0 Å². The standard InChI is InChI=1S/C23H18N4O3/c1-29-20-13-7-16(8-14-20)22-15-21(27-30-22)23(28)24-17-9-11-19(12-10-17)26-25-18-5-3-2-4-6-18/h2-15H,1H3,(H,24,28). The Bertz CT molecular complexity index is 1150. The summed E-state index contributed by atoms with van der Waals surface area (Å²) in [6.45, 7) is 0. The summed E-state index contributed by atoms with van der Waals surface area (Å²) < 4.78 is 10.4. The molecule has 0 fully saturated rings. The second kappa shape index (κ2) is 8.83. The van der Waals surface area contributed by atoms with Crippen molar-refractivity contribution in [2.24, 2.45) is 10.2 Å². The van der Waals surface area contributed by atoms with Crippen molar-refractivity contribution in [3.8, 4) is 17.1 Å². The molecular formula is C23H18N4O3. The van der Waals surface area contributed by atoms with E-state index in [1.807, 2.05) is 54.6 Å². The lowest BCUT2D eigenvalue weighted by atomic mass is 10.1. The summed E-state index contributed by atoms with van der Waals surface area (Å²) in [6, 6.07) is 25.4. The first-order valence-electron chi connectivity index (χ1n) is 9.20. The van der Waals surface area contributed by atoms with E-state index in [9.17, 15) is 4.79 Å². The number of methoxy groups -OCH3 is 1. The number of anilines is 1. The summed E-state index contributed by atoms with van der Waals surface area (Å²) >= 11 is 0. The number of amides is 1. The molecule has 0 unspecified atom stereocenters. The Morgan fingerprint density at radius 3 is 2.23 bits per heavy atom. The Morgan fingerprint density at radius 2 is 1.57 bits per heavy atom. The van der Waals surface area contributed by atoms with Crippen LogP contribution in [0.4, 0.5) is 17.1 Å². The maximum atomic E-state index is 12.5. The molecule has 0 aliphatic rings. The van der Waals surface area contributed by atoms with Gasteiger partial charge in [0.15, 0.2) is 11.5 Å². The molecule has 0 radical (unpaired) electrons. The normalized spacial score (nSPS) is 10.8. The van der Waals surface area contributed by atoms with Crippen LogP contribution in [0.5, 0.6) is 5.75 Å². The highest BCUT2D eigenvalue weighted by Gasteiger charge is 2.14. The third-order valence-electron chi connectivity index (χ3n) is 4.28. The topological polar surface area (TPSA) is 89.1 Å². The van der Waals surface area contributed by atoms with Gasteiger partial charge in [-0.25, -0.2) is 0 Å². The van der Waals surface area contributed by atoms with Gasteiger partial charge in [-0.3, -0.25) is 4.79 Å². The van der Waals surface area contributed by atoms with Crippen LogP contribution in [-0.4, -0.2) is 18.2 Å². The van der Waals surface area contributed by atoms with Gasteiger partial charge >= 0.3 is 0 Å². The molecule has 1 heterocycles. The highest BCUT2D eigenvalue weighted by atomic mass is 16.5. The quantitative estimate of drug-likeness (QED) is 0.402. The first-order chi connectivity index (χ1) is 14.7. The summed E-state index contributed by atoms with van der Waals surface area (Å²) in [4.78, 5) is 12.5. The van der Waals surface area contributed by atoms with Crippen LogP contribution < -0.4 is 10.1 Å². The number of aromatic nitrogens is 1. The number of carbonyl (C=O) groups is 1. The van der Waals surface area contributed by atoms with Crippen molar-refractivity contribution >= 4 is 23.0 Å². The largest absolute Gasteiger partial charge is 0.497 e. The molecule has 1 amide bonds. The molecule has 0 aliphatic carbocycles. The molecular weight excluding hydrogens is 380 g/mol. The van der Waals surface area contributed by atoms with Gasteiger partial charge in [-0.1, -0.05) is 23.4 Å². The van der Waals surface area contributed by atoms with Gasteiger partial charge in [-0.2, -0.15) is 10.2 Å². The van der Waals surface area contributed by atoms with Crippen molar-refractivity contribution in [2.75, 3.05) is 12.4 Å². The second-order valence-electron chi connectivity index (χ2n) is 6.34. The van der Waals surface area contributed by atoms with E-state index in [4.69, 9.17) is 9.26 Å². The zero-order chi connectivity index (χ0) is 20.8. The van der Waals surface area contributed by atoms with Gasteiger partial charge < -0.3 is 14.6 Å². The molecule has 3 aromatic carbocycles. The fraction of sp³-hybridized carbons (Fsp3) is 0.0435. The maximum absolute atomic E-state index is 12.5. The van der Waals surface area contributed by atoms with Gasteiger partial charge in [0, 0.05) is 17.3 Å². The molecule has 0 atom stereocenters. The van der Waals surface area contributed by atoms with Crippen LogP contribution in [-0.2, 0) is 0 Å². The van der Waals surface area contributed by atoms with Crippen LogP contribution in [0.25, 0.3) is 11.3 Å². The van der Waals surface area contributed by atoms with Crippen molar-refractivity contribution in [1.82, 2.24) is 5.16 Å². The third-order valence-corrected chi connectivity index (χ3v) is 4.28.